The van der Waals surface area contributed by atoms with Crippen LogP contribution in [0.1, 0.15) is 73.2 Å². The van der Waals surface area contributed by atoms with E-state index in [9.17, 15) is 9.90 Å². The summed E-state index contributed by atoms with van der Waals surface area (Å²) in [6, 6.07) is 14.7. The minimum absolute atomic E-state index is 0. The molecule has 37 heavy (non-hydrogen) atoms. The van der Waals surface area contributed by atoms with Gasteiger partial charge in [0.25, 0.3) is 0 Å². The molecule has 0 bridgehead atoms. The third-order valence-corrected chi connectivity index (χ3v) is 8.59. The summed E-state index contributed by atoms with van der Waals surface area (Å²) in [6.07, 6.45) is 10.4. The van der Waals surface area contributed by atoms with Crippen LogP contribution in [0.25, 0.3) is 22.2 Å². The number of piperidine rings is 1. The van der Waals surface area contributed by atoms with Crippen LogP contribution in [0, 0.1) is 0 Å². The predicted octanol–water partition coefficient (Wildman–Crippen LogP) is 7.20. The molecular weight excluding hydrogens is 505 g/mol. The monoisotopic (exact) mass is 543 g/mol. The molecule has 1 N–H and O–H groups in total. The molecular formula is C30H39Cl2N3O2. The van der Waals surface area contributed by atoms with Crippen molar-refractivity contribution >= 4 is 47.4 Å². The third kappa shape index (κ3) is 5.36. The normalized spacial score (nSPS) is 18.3. The number of fused-ring (bicyclic) bond motifs is 5. The van der Waals surface area contributed by atoms with Crippen molar-refractivity contribution in [2.45, 2.75) is 63.8 Å². The molecule has 1 saturated heterocycles. The van der Waals surface area contributed by atoms with Gasteiger partial charge in [-0.1, -0.05) is 49.9 Å². The van der Waals surface area contributed by atoms with Gasteiger partial charge in [0.05, 0.1) is 11.3 Å². The zero-order chi connectivity index (χ0) is 23.8. The van der Waals surface area contributed by atoms with Crippen LogP contribution in [0.2, 0.25) is 0 Å². The minimum atomic E-state index is -0.848. The largest absolute Gasteiger partial charge is 0.478 e. The number of hydrogen-bond acceptors (Lipinski definition) is 3. The van der Waals surface area contributed by atoms with E-state index in [2.05, 4.69) is 44.7 Å². The summed E-state index contributed by atoms with van der Waals surface area (Å²) in [4.78, 5) is 17.1. The first-order valence-corrected chi connectivity index (χ1v) is 13.7. The number of para-hydroxylation sites is 1. The van der Waals surface area contributed by atoms with E-state index in [-0.39, 0.29) is 24.8 Å². The first-order valence-electron chi connectivity index (χ1n) is 13.7. The maximum Gasteiger partial charge on any atom is 0.335 e. The highest BCUT2D eigenvalue weighted by Gasteiger charge is 2.30. The Labute approximate surface area is 232 Å². The van der Waals surface area contributed by atoms with Crippen LogP contribution in [0.3, 0.4) is 0 Å². The Bertz CT molecular complexity index is 1230. The van der Waals surface area contributed by atoms with E-state index in [1.807, 2.05) is 6.07 Å². The molecule has 1 saturated carbocycles. The van der Waals surface area contributed by atoms with Gasteiger partial charge in [0.2, 0.25) is 0 Å². The highest BCUT2D eigenvalue weighted by molar-refractivity contribution is 5.99. The van der Waals surface area contributed by atoms with Crippen molar-refractivity contribution in [3.8, 4) is 11.3 Å². The number of carbonyl (C=O) groups is 1. The van der Waals surface area contributed by atoms with Crippen molar-refractivity contribution in [3.05, 3.63) is 53.6 Å². The maximum absolute atomic E-state index is 11.9. The maximum atomic E-state index is 11.9. The van der Waals surface area contributed by atoms with Gasteiger partial charge in [-0.3, -0.25) is 0 Å². The second kappa shape index (κ2) is 12.1. The molecule has 1 aliphatic carbocycles. The summed E-state index contributed by atoms with van der Waals surface area (Å²) >= 11 is 0. The number of hydrogen-bond donors (Lipinski definition) is 1. The van der Waals surface area contributed by atoms with Crippen LogP contribution in [-0.4, -0.2) is 53.3 Å². The summed E-state index contributed by atoms with van der Waals surface area (Å²) in [5.74, 6) is -0.301. The van der Waals surface area contributed by atoms with Gasteiger partial charge in [-0.15, -0.1) is 24.8 Å². The number of carboxylic acid groups (broad SMARTS) is 1. The predicted molar refractivity (Wildman–Crippen MR) is 157 cm³/mol. The molecule has 2 aliphatic heterocycles. The molecule has 3 aromatic rings. The summed E-state index contributed by atoms with van der Waals surface area (Å²) in [7, 11) is 0. The highest BCUT2D eigenvalue weighted by Crippen LogP contribution is 2.47. The van der Waals surface area contributed by atoms with E-state index in [0.29, 0.717) is 11.5 Å². The Morgan fingerprint density at radius 1 is 0.838 bits per heavy atom. The Kier molecular flexibility index (Phi) is 9.10. The molecule has 0 unspecified atom stereocenters. The van der Waals surface area contributed by atoms with E-state index in [4.69, 9.17) is 0 Å². The molecule has 2 aromatic carbocycles. The minimum Gasteiger partial charge on any atom is -0.478 e. The number of benzene rings is 2. The average molecular weight is 545 g/mol. The number of aromatic nitrogens is 1. The molecule has 1 aromatic heterocycles. The van der Waals surface area contributed by atoms with Crippen LogP contribution in [0.4, 0.5) is 5.69 Å². The Balaban J connectivity index is 0.00000160. The van der Waals surface area contributed by atoms with Crippen molar-refractivity contribution < 1.29 is 9.90 Å². The van der Waals surface area contributed by atoms with E-state index in [1.165, 1.54) is 92.4 Å². The van der Waals surface area contributed by atoms with E-state index >= 15 is 0 Å². The molecule has 0 radical (unpaired) electrons. The lowest BCUT2D eigenvalue weighted by molar-refractivity contribution is 0.0697. The van der Waals surface area contributed by atoms with Crippen LogP contribution in [0.5, 0.6) is 0 Å². The Morgan fingerprint density at radius 3 is 2.32 bits per heavy atom. The van der Waals surface area contributed by atoms with Gasteiger partial charge < -0.3 is 19.5 Å². The van der Waals surface area contributed by atoms with Crippen LogP contribution in [-0.2, 0) is 6.54 Å². The van der Waals surface area contributed by atoms with Gasteiger partial charge in [-0.2, -0.15) is 0 Å². The van der Waals surface area contributed by atoms with Gasteiger partial charge >= 0.3 is 5.97 Å². The number of aromatic carboxylic acids is 1. The standard InChI is InChI=1S/C30H37N3O2.2ClH/c34-30(35)23-13-14-24-27(21-23)33-20-19-32(18-17-31-15-7-2-8-16-31)26-12-6-5-11-25(26)29(33)28(24)22-9-3-1-4-10-22;;/h5-6,11-14,21-22H,1-4,7-10,15-20H2,(H,34,35);2*1H. The SMILES string of the molecule is Cl.Cl.O=C(O)c1ccc2c(C3CCCCC3)c3n(c2c1)CCN(CCN1CCCCC1)c1ccccc1-3. The van der Waals surface area contributed by atoms with Crippen LogP contribution in [0.15, 0.2) is 42.5 Å². The van der Waals surface area contributed by atoms with Gasteiger partial charge in [-0.25, -0.2) is 4.79 Å². The lowest BCUT2D eigenvalue weighted by Crippen LogP contribution is -2.38. The summed E-state index contributed by atoms with van der Waals surface area (Å²) in [5, 5.41) is 11.0. The zero-order valence-electron chi connectivity index (χ0n) is 21.5. The van der Waals surface area contributed by atoms with Crippen molar-refractivity contribution in [2.75, 3.05) is 37.6 Å². The second-order valence-corrected chi connectivity index (χ2v) is 10.7. The van der Waals surface area contributed by atoms with Gasteiger partial charge in [0, 0.05) is 48.3 Å². The number of anilines is 1. The molecule has 0 amide bonds. The van der Waals surface area contributed by atoms with E-state index in [1.54, 1.807) is 6.07 Å². The molecule has 6 rings (SSSR count). The zero-order valence-corrected chi connectivity index (χ0v) is 23.2. The van der Waals surface area contributed by atoms with E-state index < -0.39 is 5.97 Å². The highest BCUT2D eigenvalue weighted by atomic mass is 35.5. The second-order valence-electron chi connectivity index (χ2n) is 10.7. The topological polar surface area (TPSA) is 48.7 Å². The lowest BCUT2D eigenvalue weighted by Gasteiger charge is -2.31. The fourth-order valence-corrected chi connectivity index (χ4v) is 6.80. The number of carboxylic acids is 1. The molecule has 7 heteroatoms. The Hall–Kier alpha value is -2.21. The van der Waals surface area contributed by atoms with Crippen LogP contribution >= 0.6 is 24.8 Å². The number of rotatable bonds is 5. The van der Waals surface area contributed by atoms with Crippen molar-refractivity contribution in [1.29, 1.82) is 0 Å². The third-order valence-electron chi connectivity index (χ3n) is 8.59. The molecule has 0 atom stereocenters. The van der Waals surface area contributed by atoms with Crippen molar-refractivity contribution in [1.82, 2.24) is 9.47 Å². The summed E-state index contributed by atoms with van der Waals surface area (Å²) in [5.41, 5.74) is 6.92. The van der Waals surface area contributed by atoms with Gasteiger partial charge in [-0.05, 0) is 68.5 Å². The summed E-state index contributed by atoms with van der Waals surface area (Å²) in [6.45, 7) is 6.44. The quantitative estimate of drug-likeness (QED) is 0.369. The van der Waals surface area contributed by atoms with Crippen molar-refractivity contribution in [2.24, 2.45) is 0 Å². The molecule has 5 nitrogen and oxygen atoms in total. The van der Waals surface area contributed by atoms with E-state index in [0.717, 1.165) is 31.7 Å². The first-order chi connectivity index (χ1) is 17.2. The average Bonchev–Trinajstić information content (AvgIpc) is 3.14. The first kappa shape index (κ1) is 27.8. The summed E-state index contributed by atoms with van der Waals surface area (Å²) < 4.78 is 2.45. The molecule has 200 valence electrons. The molecule has 0 spiro atoms. The van der Waals surface area contributed by atoms with Gasteiger partial charge in [0.15, 0.2) is 0 Å². The number of nitrogens with zero attached hydrogens (tertiary/aromatic N) is 3. The van der Waals surface area contributed by atoms with Crippen molar-refractivity contribution in [3.63, 3.8) is 0 Å². The lowest BCUT2D eigenvalue weighted by atomic mass is 9.81. The number of likely N-dealkylation sites (tertiary alicyclic amines) is 1. The number of halogens is 2. The molecule has 3 heterocycles. The fourth-order valence-electron chi connectivity index (χ4n) is 6.80. The Morgan fingerprint density at radius 2 is 1.57 bits per heavy atom. The molecule has 2 fully saturated rings. The van der Waals surface area contributed by atoms with Crippen LogP contribution < -0.4 is 4.90 Å². The smallest absolute Gasteiger partial charge is 0.335 e. The van der Waals surface area contributed by atoms with Gasteiger partial charge in [0.1, 0.15) is 0 Å². The molecule has 3 aliphatic rings. The fraction of sp³-hybridized carbons (Fsp3) is 0.500.